The van der Waals surface area contributed by atoms with Gasteiger partial charge in [0, 0.05) is 25.6 Å². The Morgan fingerprint density at radius 3 is 3.00 bits per heavy atom. The van der Waals surface area contributed by atoms with Crippen molar-refractivity contribution in [2.45, 2.75) is 6.10 Å². The van der Waals surface area contributed by atoms with Gasteiger partial charge < -0.3 is 15.4 Å². The minimum absolute atomic E-state index is 0.384. The summed E-state index contributed by atoms with van der Waals surface area (Å²) in [6.07, 6.45) is 4.59. The van der Waals surface area contributed by atoms with E-state index in [9.17, 15) is 0 Å². The first-order chi connectivity index (χ1) is 5.47. The van der Waals surface area contributed by atoms with Gasteiger partial charge in [0.25, 0.3) is 0 Å². The number of hydrogen-bond donors (Lipinski definition) is 2. The highest BCUT2D eigenvalue weighted by atomic mass is 16.5. The van der Waals surface area contributed by atoms with Crippen molar-refractivity contribution in [2.24, 2.45) is 5.92 Å². The van der Waals surface area contributed by atoms with E-state index < -0.39 is 0 Å². The molecule has 0 amide bonds. The molecule has 62 valence electrons. The average molecular weight is 154 g/mol. The molecule has 11 heavy (non-hydrogen) atoms. The fraction of sp³-hybridized carbons (Fsp3) is 0.750. The van der Waals surface area contributed by atoms with Gasteiger partial charge in [0.1, 0.15) is 0 Å². The second-order valence-electron chi connectivity index (χ2n) is 3.04. The third-order valence-electron chi connectivity index (χ3n) is 2.25. The van der Waals surface area contributed by atoms with Gasteiger partial charge in [-0.2, -0.15) is 0 Å². The van der Waals surface area contributed by atoms with E-state index in [4.69, 9.17) is 4.74 Å². The lowest BCUT2D eigenvalue weighted by Gasteiger charge is -2.27. The molecule has 3 nitrogen and oxygen atoms in total. The van der Waals surface area contributed by atoms with Crippen molar-refractivity contribution in [1.29, 1.82) is 0 Å². The molecule has 2 aliphatic heterocycles. The molecular weight excluding hydrogens is 140 g/mol. The monoisotopic (exact) mass is 154 g/mol. The van der Waals surface area contributed by atoms with E-state index in [0.717, 1.165) is 26.2 Å². The first-order valence-corrected chi connectivity index (χ1v) is 4.19. The number of nitrogens with one attached hydrogen (secondary N) is 2. The summed E-state index contributed by atoms with van der Waals surface area (Å²) in [5.41, 5.74) is 0. The number of rotatable bonds is 1. The Kier molecular flexibility index (Phi) is 2.10. The van der Waals surface area contributed by atoms with Gasteiger partial charge in [0.15, 0.2) is 0 Å². The fourth-order valence-electron chi connectivity index (χ4n) is 1.58. The van der Waals surface area contributed by atoms with E-state index in [1.54, 1.807) is 0 Å². The summed E-state index contributed by atoms with van der Waals surface area (Å²) >= 11 is 0. The van der Waals surface area contributed by atoms with E-state index in [1.165, 1.54) is 0 Å². The molecule has 0 bridgehead atoms. The first kappa shape index (κ1) is 7.13. The standard InChI is InChI=1S/C8H14N2O/c1-2-9-5-7(1)8-6-10-3-4-11-8/h1-2,7-10H,3-6H2. The molecule has 0 spiro atoms. The van der Waals surface area contributed by atoms with Crippen LogP contribution in [0.25, 0.3) is 0 Å². The van der Waals surface area contributed by atoms with E-state index >= 15 is 0 Å². The SMILES string of the molecule is C1=CC(C2CNCCO2)CN1. The van der Waals surface area contributed by atoms with Crippen LogP contribution in [0.2, 0.25) is 0 Å². The zero-order valence-electron chi connectivity index (χ0n) is 6.55. The Balaban J connectivity index is 1.87. The number of hydrogen-bond acceptors (Lipinski definition) is 3. The zero-order valence-corrected chi connectivity index (χ0v) is 6.55. The van der Waals surface area contributed by atoms with Gasteiger partial charge in [0.05, 0.1) is 12.7 Å². The van der Waals surface area contributed by atoms with Gasteiger partial charge in [-0.15, -0.1) is 0 Å². The highest BCUT2D eigenvalue weighted by Gasteiger charge is 2.23. The van der Waals surface area contributed by atoms with Crippen LogP contribution in [0.3, 0.4) is 0 Å². The van der Waals surface area contributed by atoms with Crippen molar-refractivity contribution in [3.63, 3.8) is 0 Å². The minimum atomic E-state index is 0.384. The van der Waals surface area contributed by atoms with Crippen LogP contribution < -0.4 is 10.6 Å². The molecule has 0 saturated carbocycles. The molecule has 0 aliphatic carbocycles. The Hall–Kier alpha value is -0.540. The van der Waals surface area contributed by atoms with Crippen LogP contribution in [0.15, 0.2) is 12.3 Å². The molecule has 1 fully saturated rings. The second-order valence-corrected chi connectivity index (χ2v) is 3.04. The molecule has 2 heterocycles. The molecule has 0 aromatic rings. The third-order valence-corrected chi connectivity index (χ3v) is 2.25. The zero-order chi connectivity index (χ0) is 7.52. The van der Waals surface area contributed by atoms with Crippen molar-refractivity contribution in [2.75, 3.05) is 26.2 Å². The predicted octanol–water partition coefficient (Wildman–Crippen LogP) is -0.292. The number of ether oxygens (including phenoxy) is 1. The highest BCUT2D eigenvalue weighted by molar-refractivity contribution is 5.00. The minimum Gasteiger partial charge on any atom is -0.390 e. The Bertz CT molecular complexity index is 152. The third kappa shape index (κ3) is 1.54. The lowest BCUT2D eigenvalue weighted by molar-refractivity contribution is 0.00588. The van der Waals surface area contributed by atoms with Gasteiger partial charge in [-0.05, 0) is 6.20 Å². The molecule has 2 rings (SSSR count). The summed E-state index contributed by atoms with van der Waals surface area (Å²) < 4.78 is 5.61. The van der Waals surface area contributed by atoms with Crippen LogP contribution in [-0.4, -0.2) is 32.3 Å². The maximum Gasteiger partial charge on any atom is 0.0780 e. The predicted molar refractivity (Wildman–Crippen MR) is 43.2 cm³/mol. The van der Waals surface area contributed by atoms with E-state index in [1.807, 2.05) is 6.20 Å². The van der Waals surface area contributed by atoms with Crippen LogP contribution >= 0.6 is 0 Å². The smallest absolute Gasteiger partial charge is 0.0780 e. The Labute approximate surface area is 66.8 Å². The van der Waals surface area contributed by atoms with Crippen molar-refractivity contribution in [1.82, 2.24) is 10.6 Å². The topological polar surface area (TPSA) is 33.3 Å². The molecule has 0 aromatic heterocycles. The van der Waals surface area contributed by atoms with Crippen LogP contribution in [0.1, 0.15) is 0 Å². The molecule has 0 radical (unpaired) electrons. The lowest BCUT2D eigenvalue weighted by Crippen LogP contribution is -2.43. The van der Waals surface area contributed by atoms with Gasteiger partial charge in [-0.25, -0.2) is 0 Å². The largest absolute Gasteiger partial charge is 0.390 e. The van der Waals surface area contributed by atoms with Crippen molar-refractivity contribution in [3.8, 4) is 0 Å². The summed E-state index contributed by atoms with van der Waals surface area (Å²) in [6, 6.07) is 0. The van der Waals surface area contributed by atoms with E-state index in [0.29, 0.717) is 12.0 Å². The van der Waals surface area contributed by atoms with Crippen molar-refractivity contribution < 1.29 is 4.74 Å². The molecule has 3 heteroatoms. The van der Waals surface area contributed by atoms with Gasteiger partial charge >= 0.3 is 0 Å². The number of morpholine rings is 1. The fourth-order valence-corrected chi connectivity index (χ4v) is 1.58. The Morgan fingerprint density at radius 1 is 1.36 bits per heavy atom. The summed E-state index contributed by atoms with van der Waals surface area (Å²) in [5, 5.41) is 6.51. The Morgan fingerprint density at radius 2 is 2.36 bits per heavy atom. The molecule has 2 atom stereocenters. The van der Waals surface area contributed by atoms with Crippen LogP contribution in [-0.2, 0) is 4.74 Å². The van der Waals surface area contributed by atoms with Crippen molar-refractivity contribution in [3.05, 3.63) is 12.3 Å². The van der Waals surface area contributed by atoms with Crippen LogP contribution in [0.5, 0.6) is 0 Å². The molecular formula is C8H14N2O. The molecule has 2 aliphatic rings. The summed E-state index contributed by atoms with van der Waals surface area (Å²) in [7, 11) is 0. The van der Waals surface area contributed by atoms with Crippen LogP contribution in [0, 0.1) is 5.92 Å². The second kappa shape index (κ2) is 3.24. The highest BCUT2D eigenvalue weighted by Crippen LogP contribution is 2.13. The molecule has 0 aromatic carbocycles. The van der Waals surface area contributed by atoms with Crippen LogP contribution in [0.4, 0.5) is 0 Å². The summed E-state index contributed by atoms with van der Waals surface area (Å²) in [6.45, 7) is 3.89. The maximum atomic E-state index is 5.61. The summed E-state index contributed by atoms with van der Waals surface area (Å²) in [5.74, 6) is 0.572. The lowest BCUT2D eigenvalue weighted by atomic mass is 10.0. The van der Waals surface area contributed by atoms with Gasteiger partial charge in [0.2, 0.25) is 0 Å². The maximum absolute atomic E-state index is 5.61. The summed E-state index contributed by atoms with van der Waals surface area (Å²) in [4.78, 5) is 0. The normalized spacial score (nSPS) is 37.1. The van der Waals surface area contributed by atoms with E-state index in [-0.39, 0.29) is 0 Å². The van der Waals surface area contributed by atoms with Gasteiger partial charge in [-0.3, -0.25) is 0 Å². The van der Waals surface area contributed by atoms with Crippen molar-refractivity contribution >= 4 is 0 Å². The molecule has 1 saturated heterocycles. The quantitative estimate of drug-likeness (QED) is 0.544. The average Bonchev–Trinajstić information content (AvgIpc) is 2.58. The molecule has 2 unspecified atom stereocenters. The van der Waals surface area contributed by atoms with E-state index in [2.05, 4.69) is 16.7 Å². The first-order valence-electron chi connectivity index (χ1n) is 4.19. The molecule has 2 N–H and O–H groups in total. The van der Waals surface area contributed by atoms with Gasteiger partial charge in [-0.1, -0.05) is 6.08 Å².